The first-order valence-corrected chi connectivity index (χ1v) is 7.20. The Labute approximate surface area is 111 Å². The lowest BCUT2D eigenvalue weighted by Crippen LogP contribution is -2.41. The first-order chi connectivity index (χ1) is 8.80. The summed E-state index contributed by atoms with van der Waals surface area (Å²) in [4.78, 5) is 0. The van der Waals surface area contributed by atoms with Crippen LogP contribution in [0.25, 0.3) is 0 Å². The monoisotopic (exact) mass is 247 g/mol. The van der Waals surface area contributed by atoms with Gasteiger partial charge in [-0.05, 0) is 43.5 Å². The fourth-order valence-corrected chi connectivity index (χ4v) is 3.09. The van der Waals surface area contributed by atoms with Crippen LogP contribution in [0.2, 0.25) is 0 Å². The van der Waals surface area contributed by atoms with E-state index in [0.29, 0.717) is 0 Å². The number of hydrogen-bond acceptors (Lipinski definition) is 2. The maximum atomic E-state index is 5.25. The minimum Gasteiger partial charge on any atom is -0.497 e. The van der Waals surface area contributed by atoms with Gasteiger partial charge in [0.15, 0.2) is 0 Å². The van der Waals surface area contributed by atoms with Gasteiger partial charge in [-0.1, -0.05) is 38.3 Å². The van der Waals surface area contributed by atoms with Crippen molar-refractivity contribution < 1.29 is 4.74 Å². The Morgan fingerprint density at radius 1 is 1.17 bits per heavy atom. The zero-order chi connectivity index (χ0) is 12.8. The third-order valence-electron chi connectivity index (χ3n) is 4.06. The Balaban J connectivity index is 2.26. The van der Waals surface area contributed by atoms with Crippen LogP contribution in [0, 0.1) is 0 Å². The molecule has 1 atom stereocenters. The van der Waals surface area contributed by atoms with Gasteiger partial charge in [-0.2, -0.15) is 0 Å². The molecule has 0 amide bonds. The van der Waals surface area contributed by atoms with Crippen LogP contribution in [0.3, 0.4) is 0 Å². The maximum Gasteiger partial charge on any atom is 0.118 e. The van der Waals surface area contributed by atoms with E-state index >= 15 is 0 Å². The Morgan fingerprint density at radius 3 is 2.61 bits per heavy atom. The number of rotatable bonds is 4. The SMILES string of the molecule is CCCC1(c2ccc(OC)cc2)CCCCCN1. The van der Waals surface area contributed by atoms with Crippen LogP contribution in [0.4, 0.5) is 0 Å². The molecule has 1 heterocycles. The topological polar surface area (TPSA) is 21.3 Å². The zero-order valence-corrected chi connectivity index (χ0v) is 11.7. The van der Waals surface area contributed by atoms with Crippen molar-refractivity contribution in [1.29, 1.82) is 0 Å². The molecule has 1 aromatic carbocycles. The number of methoxy groups -OCH3 is 1. The molecule has 18 heavy (non-hydrogen) atoms. The number of benzene rings is 1. The van der Waals surface area contributed by atoms with Crippen LogP contribution < -0.4 is 10.1 Å². The fourth-order valence-electron chi connectivity index (χ4n) is 3.09. The van der Waals surface area contributed by atoms with Gasteiger partial charge < -0.3 is 10.1 Å². The largest absolute Gasteiger partial charge is 0.497 e. The predicted octanol–water partition coefficient (Wildman–Crippen LogP) is 3.85. The van der Waals surface area contributed by atoms with Crippen molar-refractivity contribution >= 4 is 0 Å². The summed E-state index contributed by atoms with van der Waals surface area (Å²) in [6, 6.07) is 8.62. The molecule has 100 valence electrons. The molecule has 1 saturated heterocycles. The number of nitrogens with one attached hydrogen (secondary N) is 1. The van der Waals surface area contributed by atoms with E-state index in [-0.39, 0.29) is 5.54 Å². The van der Waals surface area contributed by atoms with Gasteiger partial charge in [-0.15, -0.1) is 0 Å². The van der Waals surface area contributed by atoms with Gasteiger partial charge in [0.05, 0.1) is 7.11 Å². The average molecular weight is 247 g/mol. The normalized spacial score (nSPS) is 24.6. The molecule has 2 heteroatoms. The third-order valence-corrected chi connectivity index (χ3v) is 4.06. The van der Waals surface area contributed by atoms with Crippen LogP contribution in [-0.2, 0) is 5.54 Å². The second-order valence-corrected chi connectivity index (χ2v) is 5.30. The lowest BCUT2D eigenvalue weighted by atomic mass is 9.82. The molecule has 1 aliphatic rings. The van der Waals surface area contributed by atoms with Gasteiger partial charge in [0.1, 0.15) is 5.75 Å². The average Bonchev–Trinajstić information content (AvgIpc) is 2.66. The van der Waals surface area contributed by atoms with Crippen molar-refractivity contribution in [3.05, 3.63) is 29.8 Å². The summed E-state index contributed by atoms with van der Waals surface area (Å²) in [7, 11) is 1.72. The van der Waals surface area contributed by atoms with Crippen molar-refractivity contribution in [1.82, 2.24) is 5.32 Å². The minimum absolute atomic E-state index is 0.192. The maximum absolute atomic E-state index is 5.25. The molecule has 0 radical (unpaired) electrons. The standard InChI is InChI=1S/C16H25NO/c1-3-11-16(12-5-4-6-13-17-16)14-7-9-15(18-2)10-8-14/h7-10,17H,3-6,11-13H2,1-2H3. The molecular formula is C16H25NO. The van der Waals surface area contributed by atoms with Crippen LogP contribution in [0.1, 0.15) is 51.0 Å². The van der Waals surface area contributed by atoms with E-state index in [1.807, 2.05) is 0 Å². The highest BCUT2D eigenvalue weighted by Gasteiger charge is 2.31. The van der Waals surface area contributed by atoms with Gasteiger partial charge in [0.25, 0.3) is 0 Å². The van der Waals surface area contributed by atoms with Gasteiger partial charge in [-0.25, -0.2) is 0 Å². The molecular weight excluding hydrogens is 222 g/mol. The van der Waals surface area contributed by atoms with E-state index < -0.39 is 0 Å². The smallest absolute Gasteiger partial charge is 0.118 e. The first kappa shape index (κ1) is 13.4. The molecule has 0 aliphatic carbocycles. The summed E-state index contributed by atoms with van der Waals surface area (Å²) in [5.41, 5.74) is 1.62. The summed E-state index contributed by atoms with van der Waals surface area (Å²) in [5.74, 6) is 0.944. The molecule has 0 bridgehead atoms. The van der Waals surface area contributed by atoms with Crippen molar-refractivity contribution in [3.8, 4) is 5.75 Å². The molecule has 0 aromatic heterocycles. The fraction of sp³-hybridized carbons (Fsp3) is 0.625. The van der Waals surface area contributed by atoms with E-state index in [4.69, 9.17) is 4.74 Å². The highest BCUT2D eigenvalue weighted by atomic mass is 16.5. The molecule has 0 spiro atoms. The first-order valence-electron chi connectivity index (χ1n) is 7.20. The zero-order valence-electron chi connectivity index (χ0n) is 11.7. The summed E-state index contributed by atoms with van der Waals surface area (Å²) >= 11 is 0. The Hall–Kier alpha value is -1.02. The number of hydrogen-bond donors (Lipinski definition) is 1. The van der Waals surface area contributed by atoms with Crippen LogP contribution >= 0.6 is 0 Å². The molecule has 0 saturated carbocycles. The van der Waals surface area contributed by atoms with Crippen molar-refractivity contribution in [3.63, 3.8) is 0 Å². The van der Waals surface area contributed by atoms with Gasteiger partial charge in [-0.3, -0.25) is 0 Å². The molecule has 1 fully saturated rings. The second kappa shape index (κ2) is 6.24. The molecule has 1 unspecified atom stereocenters. The van der Waals surface area contributed by atoms with E-state index in [2.05, 4.69) is 36.5 Å². The molecule has 2 rings (SSSR count). The highest BCUT2D eigenvalue weighted by Crippen LogP contribution is 2.34. The molecule has 1 aliphatic heterocycles. The van der Waals surface area contributed by atoms with E-state index in [0.717, 1.165) is 12.3 Å². The summed E-state index contributed by atoms with van der Waals surface area (Å²) in [6.45, 7) is 3.42. The van der Waals surface area contributed by atoms with Gasteiger partial charge in [0, 0.05) is 5.54 Å². The lowest BCUT2D eigenvalue weighted by Gasteiger charge is -2.34. The summed E-state index contributed by atoms with van der Waals surface area (Å²) < 4.78 is 5.25. The highest BCUT2D eigenvalue weighted by molar-refractivity contribution is 5.32. The Kier molecular flexibility index (Phi) is 4.65. The van der Waals surface area contributed by atoms with Crippen molar-refractivity contribution in [2.75, 3.05) is 13.7 Å². The predicted molar refractivity (Wildman–Crippen MR) is 76.1 cm³/mol. The van der Waals surface area contributed by atoms with E-state index in [1.54, 1.807) is 7.11 Å². The molecule has 1 aromatic rings. The second-order valence-electron chi connectivity index (χ2n) is 5.30. The van der Waals surface area contributed by atoms with Crippen LogP contribution in [0.15, 0.2) is 24.3 Å². The number of ether oxygens (including phenoxy) is 1. The summed E-state index contributed by atoms with van der Waals surface area (Å²) in [6.07, 6.45) is 7.70. The molecule has 2 nitrogen and oxygen atoms in total. The Morgan fingerprint density at radius 2 is 1.94 bits per heavy atom. The lowest BCUT2D eigenvalue weighted by molar-refractivity contribution is 0.297. The van der Waals surface area contributed by atoms with Crippen molar-refractivity contribution in [2.24, 2.45) is 0 Å². The van der Waals surface area contributed by atoms with E-state index in [1.165, 1.54) is 44.1 Å². The third kappa shape index (κ3) is 2.86. The Bertz CT molecular complexity index is 350. The van der Waals surface area contributed by atoms with Crippen molar-refractivity contribution in [2.45, 2.75) is 51.0 Å². The quantitative estimate of drug-likeness (QED) is 0.872. The minimum atomic E-state index is 0.192. The van der Waals surface area contributed by atoms with E-state index in [9.17, 15) is 0 Å². The van der Waals surface area contributed by atoms with Crippen LogP contribution in [0.5, 0.6) is 5.75 Å². The van der Waals surface area contributed by atoms with Crippen LogP contribution in [-0.4, -0.2) is 13.7 Å². The van der Waals surface area contributed by atoms with Gasteiger partial charge in [0.2, 0.25) is 0 Å². The summed E-state index contributed by atoms with van der Waals surface area (Å²) in [5, 5.41) is 3.81. The molecule has 1 N–H and O–H groups in total. The van der Waals surface area contributed by atoms with Gasteiger partial charge >= 0.3 is 0 Å².